The van der Waals surface area contributed by atoms with Crippen LogP contribution in [0.4, 0.5) is 4.79 Å². The summed E-state index contributed by atoms with van der Waals surface area (Å²) in [6.07, 6.45) is 1.72. The quantitative estimate of drug-likeness (QED) is 0.398. The number of benzene rings is 3. The minimum Gasteiger partial charge on any atom is -0.493 e. The highest BCUT2D eigenvalue weighted by atomic mass is 32.2. The number of hydrogen-bond acceptors (Lipinski definition) is 5. The zero-order valence-electron chi connectivity index (χ0n) is 18.8. The molecule has 0 radical (unpaired) electrons. The summed E-state index contributed by atoms with van der Waals surface area (Å²) in [6.45, 7) is 4.71. The number of aryl methyl sites for hydroxylation is 2. The van der Waals surface area contributed by atoms with Crippen molar-refractivity contribution in [2.75, 3.05) is 7.11 Å². The molecule has 1 aliphatic rings. The van der Waals surface area contributed by atoms with Crippen LogP contribution in [-0.2, 0) is 17.9 Å². The first-order valence-electron chi connectivity index (χ1n) is 10.6. The van der Waals surface area contributed by atoms with E-state index < -0.39 is 0 Å². The van der Waals surface area contributed by atoms with E-state index in [9.17, 15) is 9.59 Å². The molecule has 168 valence electrons. The fourth-order valence-corrected chi connectivity index (χ4v) is 4.32. The van der Waals surface area contributed by atoms with Crippen molar-refractivity contribution < 1.29 is 19.1 Å². The fourth-order valence-electron chi connectivity index (χ4n) is 3.48. The number of methoxy groups -OCH3 is 1. The molecule has 2 amide bonds. The van der Waals surface area contributed by atoms with Gasteiger partial charge in [0.25, 0.3) is 11.1 Å². The van der Waals surface area contributed by atoms with Crippen molar-refractivity contribution in [3.8, 4) is 11.5 Å². The van der Waals surface area contributed by atoms with Gasteiger partial charge in [0.2, 0.25) is 0 Å². The number of carbonyl (C=O) groups excluding carboxylic acids is 2. The number of thioether (sulfide) groups is 1. The van der Waals surface area contributed by atoms with E-state index in [1.807, 2.05) is 74.5 Å². The van der Waals surface area contributed by atoms with Crippen molar-refractivity contribution in [2.45, 2.75) is 27.0 Å². The summed E-state index contributed by atoms with van der Waals surface area (Å²) >= 11 is 0.955. The molecule has 0 aromatic heterocycles. The van der Waals surface area contributed by atoms with Crippen LogP contribution in [0.5, 0.6) is 11.5 Å². The van der Waals surface area contributed by atoms with Gasteiger partial charge in [-0.3, -0.25) is 14.5 Å². The van der Waals surface area contributed by atoms with E-state index in [-0.39, 0.29) is 17.7 Å². The summed E-state index contributed by atoms with van der Waals surface area (Å²) in [4.78, 5) is 27.1. The van der Waals surface area contributed by atoms with Crippen LogP contribution in [0, 0.1) is 13.8 Å². The predicted molar refractivity (Wildman–Crippen MR) is 131 cm³/mol. The molecule has 0 spiro atoms. The van der Waals surface area contributed by atoms with Crippen LogP contribution in [-0.4, -0.2) is 23.2 Å². The van der Waals surface area contributed by atoms with E-state index in [0.717, 1.165) is 34.0 Å². The second-order valence-corrected chi connectivity index (χ2v) is 8.87. The third-order valence-electron chi connectivity index (χ3n) is 5.46. The third-order valence-corrected chi connectivity index (χ3v) is 6.37. The SMILES string of the molecule is COc1cc(/C=C2\SC(=O)N(Cc3ccccc3C)C2=O)ccc1OCc1ccc(C)cc1. The first-order valence-corrected chi connectivity index (χ1v) is 11.4. The maximum atomic E-state index is 12.9. The first-order chi connectivity index (χ1) is 15.9. The number of amides is 2. The van der Waals surface area contributed by atoms with Gasteiger partial charge in [-0.05, 0) is 66.1 Å². The van der Waals surface area contributed by atoms with Gasteiger partial charge in [-0.15, -0.1) is 0 Å². The number of carbonyl (C=O) groups is 2. The van der Waals surface area contributed by atoms with Gasteiger partial charge in [-0.25, -0.2) is 0 Å². The molecule has 3 aromatic carbocycles. The standard InChI is InChI=1S/C27H25NO4S/c1-18-8-10-20(11-9-18)17-32-23-13-12-21(14-24(23)31-3)15-25-26(29)28(27(30)33-25)16-22-7-5-4-6-19(22)2/h4-15H,16-17H2,1-3H3/b25-15-. The summed E-state index contributed by atoms with van der Waals surface area (Å²) in [7, 11) is 1.58. The molecule has 1 heterocycles. The molecule has 1 aliphatic heterocycles. The molecule has 5 nitrogen and oxygen atoms in total. The smallest absolute Gasteiger partial charge is 0.293 e. The highest BCUT2D eigenvalue weighted by Gasteiger charge is 2.35. The third kappa shape index (κ3) is 5.29. The van der Waals surface area contributed by atoms with Crippen LogP contribution in [0.15, 0.2) is 71.6 Å². The van der Waals surface area contributed by atoms with Gasteiger partial charge in [-0.1, -0.05) is 60.2 Å². The van der Waals surface area contributed by atoms with Crippen molar-refractivity contribution in [3.63, 3.8) is 0 Å². The van der Waals surface area contributed by atoms with Crippen molar-refractivity contribution in [3.05, 3.63) is 99.5 Å². The second-order valence-electron chi connectivity index (χ2n) is 7.88. The Balaban J connectivity index is 1.49. The molecule has 4 rings (SSSR count). The zero-order valence-corrected chi connectivity index (χ0v) is 19.6. The lowest BCUT2D eigenvalue weighted by molar-refractivity contribution is -0.123. The Kier molecular flexibility index (Phi) is 6.84. The molecule has 33 heavy (non-hydrogen) atoms. The Morgan fingerprint density at radius 1 is 0.939 bits per heavy atom. The van der Waals surface area contributed by atoms with Crippen LogP contribution in [0.2, 0.25) is 0 Å². The molecule has 0 atom stereocenters. The number of imide groups is 1. The van der Waals surface area contributed by atoms with Crippen molar-refractivity contribution in [1.82, 2.24) is 4.90 Å². The van der Waals surface area contributed by atoms with Crippen LogP contribution in [0.1, 0.15) is 27.8 Å². The average molecular weight is 460 g/mol. The Morgan fingerprint density at radius 3 is 2.42 bits per heavy atom. The van der Waals surface area contributed by atoms with Gasteiger partial charge in [0.05, 0.1) is 18.6 Å². The van der Waals surface area contributed by atoms with Crippen molar-refractivity contribution in [1.29, 1.82) is 0 Å². The fraction of sp³-hybridized carbons (Fsp3) is 0.185. The molecule has 1 fully saturated rings. The van der Waals surface area contributed by atoms with Crippen LogP contribution in [0.3, 0.4) is 0 Å². The molecule has 1 saturated heterocycles. The zero-order chi connectivity index (χ0) is 23.4. The van der Waals surface area contributed by atoms with E-state index in [1.165, 1.54) is 10.5 Å². The summed E-state index contributed by atoms with van der Waals surface area (Å²) in [5.41, 5.74) is 5.03. The highest BCUT2D eigenvalue weighted by molar-refractivity contribution is 8.18. The predicted octanol–water partition coefficient (Wildman–Crippen LogP) is 6.13. The summed E-state index contributed by atoms with van der Waals surface area (Å²) in [6, 6.07) is 21.4. The van der Waals surface area contributed by atoms with Gasteiger partial charge < -0.3 is 9.47 Å². The Labute approximate surface area is 198 Å². The molecule has 0 unspecified atom stereocenters. The molecular weight excluding hydrogens is 434 g/mol. The van der Waals surface area contributed by atoms with Crippen molar-refractivity contribution >= 4 is 29.0 Å². The largest absolute Gasteiger partial charge is 0.493 e. The lowest BCUT2D eigenvalue weighted by Gasteiger charge is -2.14. The molecule has 0 aliphatic carbocycles. The van der Waals surface area contributed by atoms with E-state index in [0.29, 0.717) is 23.0 Å². The minimum atomic E-state index is -0.285. The highest BCUT2D eigenvalue weighted by Crippen LogP contribution is 2.35. The number of rotatable bonds is 7. The molecule has 0 saturated carbocycles. The number of hydrogen-bond donors (Lipinski definition) is 0. The summed E-state index contributed by atoms with van der Waals surface area (Å²) < 4.78 is 11.4. The van der Waals surface area contributed by atoms with Crippen LogP contribution in [0.25, 0.3) is 6.08 Å². The van der Waals surface area contributed by atoms with Crippen LogP contribution < -0.4 is 9.47 Å². The van der Waals surface area contributed by atoms with Crippen molar-refractivity contribution in [2.24, 2.45) is 0 Å². The van der Waals surface area contributed by atoms with E-state index in [4.69, 9.17) is 9.47 Å². The minimum absolute atomic E-state index is 0.264. The normalized spacial score (nSPS) is 14.8. The summed E-state index contributed by atoms with van der Waals surface area (Å²) in [5, 5.41) is -0.264. The van der Waals surface area contributed by atoms with Gasteiger partial charge in [0.1, 0.15) is 6.61 Å². The Bertz CT molecular complexity index is 1220. The van der Waals surface area contributed by atoms with E-state index >= 15 is 0 Å². The monoisotopic (exact) mass is 459 g/mol. The maximum Gasteiger partial charge on any atom is 0.293 e. The molecule has 0 bridgehead atoms. The van der Waals surface area contributed by atoms with E-state index in [1.54, 1.807) is 19.3 Å². The average Bonchev–Trinajstić information content (AvgIpc) is 3.07. The molecule has 6 heteroatoms. The first kappa shape index (κ1) is 22.7. The Morgan fingerprint density at radius 2 is 1.70 bits per heavy atom. The number of nitrogens with zero attached hydrogens (tertiary/aromatic N) is 1. The lowest BCUT2D eigenvalue weighted by Crippen LogP contribution is -2.27. The Hall–Kier alpha value is -3.51. The van der Waals surface area contributed by atoms with Gasteiger partial charge >= 0.3 is 0 Å². The maximum absolute atomic E-state index is 12.9. The molecule has 3 aromatic rings. The summed E-state index contributed by atoms with van der Waals surface area (Å²) in [5.74, 6) is 0.893. The molecule has 0 N–H and O–H groups in total. The number of ether oxygens (including phenoxy) is 2. The second kappa shape index (κ2) is 9.96. The van der Waals surface area contributed by atoms with E-state index in [2.05, 4.69) is 0 Å². The molecular formula is C27H25NO4S. The van der Waals surface area contributed by atoms with Gasteiger partial charge in [0.15, 0.2) is 11.5 Å². The van der Waals surface area contributed by atoms with Gasteiger partial charge in [0, 0.05) is 0 Å². The topological polar surface area (TPSA) is 55.8 Å². The van der Waals surface area contributed by atoms with Gasteiger partial charge in [-0.2, -0.15) is 0 Å². The van der Waals surface area contributed by atoms with Crippen LogP contribution >= 0.6 is 11.8 Å². The lowest BCUT2D eigenvalue weighted by atomic mass is 10.1.